The SMILES string of the molecule is Nc1ccc(C(=O)NC(c2ccccc2)c2ccco2)cc1[N+](=O)[O-]. The van der Waals surface area contributed by atoms with Crippen molar-refractivity contribution in [2.45, 2.75) is 6.04 Å². The normalized spacial score (nSPS) is 11.7. The Kier molecular flexibility index (Phi) is 4.47. The fourth-order valence-electron chi connectivity index (χ4n) is 2.48. The van der Waals surface area contributed by atoms with Crippen LogP contribution in [0.4, 0.5) is 11.4 Å². The first-order valence-corrected chi connectivity index (χ1v) is 7.49. The van der Waals surface area contributed by atoms with Gasteiger partial charge >= 0.3 is 0 Å². The molecule has 0 aliphatic heterocycles. The third-order valence-electron chi connectivity index (χ3n) is 3.73. The van der Waals surface area contributed by atoms with Gasteiger partial charge in [-0.2, -0.15) is 0 Å². The molecule has 7 nitrogen and oxygen atoms in total. The minimum Gasteiger partial charge on any atom is -0.467 e. The van der Waals surface area contributed by atoms with E-state index < -0.39 is 16.9 Å². The van der Waals surface area contributed by atoms with Crippen molar-refractivity contribution in [3.63, 3.8) is 0 Å². The number of carbonyl (C=O) groups excluding carboxylic acids is 1. The summed E-state index contributed by atoms with van der Waals surface area (Å²) in [7, 11) is 0. The third kappa shape index (κ3) is 3.50. The van der Waals surface area contributed by atoms with Crippen molar-refractivity contribution in [1.29, 1.82) is 0 Å². The average Bonchev–Trinajstić information content (AvgIpc) is 3.14. The van der Waals surface area contributed by atoms with Crippen LogP contribution < -0.4 is 11.1 Å². The summed E-state index contributed by atoms with van der Waals surface area (Å²) in [5, 5.41) is 13.8. The maximum absolute atomic E-state index is 12.6. The van der Waals surface area contributed by atoms with Gasteiger partial charge < -0.3 is 15.5 Å². The van der Waals surface area contributed by atoms with Gasteiger partial charge in [0.2, 0.25) is 0 Å². The van der Waals surface area contributed by atoms with Crippen molar-refractivity contribution < 1.29 is 14.1 Å². The van der Waals surface area contributed by atoms with E-state index in [-0.39, 0.29) is 16.9 Å². The van der Waals surface area contributed by atoms with E-state index in [2.05, 4.69) is 5.32 Å². The van der Waals surface area contributed by atoms with Crippen LogP contribution in [-0.2, 0) is 0 Å². The Morgan fingerprint density at radius 1 is 1.12 bits per heavy atom. The largest absolute Gasteiger partial charge is 0.467 e. The molecule has 0 radical (unpaired) electrons. The molecule has 0 aliphatic carbocycles. The summed E-state index contributed by atoms with van der Waals surface area (Å²) in [6.45, 7) is 0. The molecule has 0 fully saturated rings. The highest BCUT2D eigenvalue weighted by molar-refractivity contribution is 5.96. The Morgan fingerprint density at radius 2 is 1.88 bits per heavy atom. The van der Waals surface area contributed by atoms with Crippen LogP contribution in [0.3, 0.4) is 0 Å². The zero-order valence-corrected chi connectivity index (χ0v) is 13.1. The standard InChI is InChI=1S/C18H15N3O4/c19-14-9-8-13(11-15(14)21(23)24)18(22)20-17(16-7-4-10-25-16)12-5-2-1-3-6-12/h1-11,17H,19H2,(H,20,22). The minimum absolute atomic E-state index is 0.00666. The van der Waals surface area contributed by atoms with Crippen LogP contribution >= 0.6 is 0 Å². The number of hydrogen-bond acceptors (Lipinski definition) is 5. The Labute approximate surface area is 143 Å². The maximum Gasteiger partial charge on any atom is 0.292 e. The fraction of sp³-hybridized carbons (Fsp3) is 0.0556. The molecule has 1 atom stereocenters. The lowest BCUT2D eigenvalue weighted by atomic mass is 10.0. The first kappa shape index (κ1) is 16.3. The lowest BCUT2D eigenvalue weighted by molar-refractivity contribution is -0.383. The zero-order valence-electron chi connectivity index (χ0n) is 13.1. The van der Waals surface area contributed by atoms with Crippen molar-refractivity contribution in [2.75, 3.05) is 5.73 Å². The van der Waals surface area contributed by atoms with Crippen molar-refractivity contribution >= 4 is 17.3 Å². The van der Waals surface area contributed by atoms with E-state index in [1.165, 1.54) is 18.4 Å². The van der Waals surface area contributed by atoms with E-state index in [4.69, 9.17) is 10.2 Å². The van der Waals surface area contributed by atoms with Gasteiger partial charge in [-0.3, -0.25) is 14.9 Å². The molecular weight excluding hydrogens is 322 g/mol. The molecule has 7 heteroatoms. The molecule has 0 spiro atoms. The third-order valence-corrected chi connectivity index (χ3v) is 3.73. The van der Waals surface area contributed by atoms with E-state index in [0.29, 0.717) is 5.76 Å². The molecule has 25 heavy (non-hydrogen) atoms. The number of nitro groups is 1. The monoisotopic (exact) mass is 337 g/mol. The first-order chi connectivity index (χ1) is 12.1. The second-order valence-electron chi connectivity index (χ2n) is 5.36. The van der Waals surface area contributed by atoms with E-state index >= 15 is 0 Å². The number of nitrogens with zero attached hydrogens (tertiary/aromatic N) is 1. The molecule has 126 valence electrons. The van der Waals surface area contributed by atoms with Gasteiger partial charge in [0.15, 0.2) is 0 Å². The van der Waals surface area contributed by atoms with Crippen LogP contribution in [0.1, 0.15) is 27.7 Å². The highest BCUT2D eigenvalue weighted by Crippen LogP contribution is 2.25. The molecule has 2 aromatic carbocycles. The molecule has 1 heterocycles. The lowest BCUT2D eigenvalue weighted by Gasteiger charge is -2.17. The van der Waals surface area contributed by atoms with Crippen LogP contribution in [0, 0.1) is 10.1 Å². The quantitative estimate of drug-likeness (QED) is 0.421. The fourth-order valence-corrected chi connectivity index (χ4v) is 2.48. The van der Waals surface area contributed by atoms with Gasteiger partial charge in [0.05, 0.1) is 11.2 Å². The van der Waals surface area contributed by atoms with Gasteiger partial charge in [0.25, 0.3) is 11.6 Å². The Balaban J connectivity index is 1.91. The topological polar surface area (TPSA) is 111 Å². The average molecular weight is 337 g/mol. The number of nitrogens with two attached hydrogens (primary N) is 1. The Hall–Kier alpha value is -3.61. The van der Waals surface area contributed by atoms with Crippen molar-refractivity contribution in [1.82, 2.24) is 5.32 Å². The number of nitro benzene ring substituents is 1. The number of furan rings is 1. The molecule has 0 saturated carbocycles. The van der Waals surface area contributed by atoms with E-state index in [0.717, 1.165) is 11.6 Å². The van der Waals surface area contributed by atoms with Crippen molar-refractivity contribution in [3.8, 4) is 0 Å². The molecular formula is C18H15N3O4. The molecule has 3 aromatic rings. The highest BCUT2D eigenvalue weighted by atomic mass is 16.6. The Bertz CT molecular complexity index is 892. The highest BCUT2D eigenvalue weighted by Gasteiger charge is 2.22. The summed E-state index contributed by atoms with van der Waals surface area (Å²) in [6.07, 6.45) is 1.52. The van der Waals surface area contributed by atoms with Gasteiger partial charge in [-0.05, 0) is 29.8 Å². The van der Waals surface area contributed by atoms with E-state index in [1.54, 1.807) is 12.1 Å². The second-order valence-corrected chi connectivity index (χ2v) is 5.36. The smallest absolute Gasteiger partial charge is 0.292 e. The maximum atomic E-state index is 12.6. The van der Waals surface area contributed by atoms with Crippen molar-refractivity contribution in [2.24, 2.45) is 0 Å². The summed E-state index contributed by atoms with van der Waals surface area (Å²) in [6, 6.07) is 16.2. The molecule has 1 unspecified atom stereocenters. The number of carbonyl (C=O) groups is 1. The zero-order chi connectivity index (χ0) is 17.8. The summed E-state index contributed by atoms with van der Waals surface area (Å²) in [5.74, 6) is 0.0952. The van der Waals surface area contributed by atoms with Crippen LogP contribution in [0.15, 0.2) is 71.3 Å². The lowest BCUT2D eigenvalue weighted by Crippen LogP contribution is -2.29. The summed E-state index contributed by atoms with van der Waals surface area (Å²) < 4.78 is 5.42. The first-order valence-electron chi connectivity index (χ1n) is 7.49. The predicted octanol–water partition coefficient (Wildman–Crippen LogP) is 3.29. The summed E-state index contributed by atoms with van der Waals surface area (Å²) >= 11 is 0. The van der Waals surface area contributed by atoms with Crippen LogP contribution in [0.25, 0.3) is 0 Å². The predicted molar refractivity (Wildman–Crippen MR) is 92.0 cm³/mol. The molecule has 0 aliphatic rings. The van der Waals surface area contributed by atoms with E-state index in [9.17, 15) is 14.9 Å². The van der Waals surface area contributed by atoms with E-state index in [1.807, 2.05) is 30.3 Å². The molecule has 0 saturated heterocycles. The van der Waals surface area contributed by atoms with Gasteiger partial charge in [0, 0.05) is 11.6 Å². The summed E-state index contributed by atoms with van der Waals surface area (Å²) in [4.78, 5) is 23.0. The number of hydrogen-bond donors (Lipinski definition) is 2. The minimum atomic E-state index is -0.618. The molecule has 0 bridgehead atoms. The Morgan fingerprint density at radius 3 is 2.52 bits per heavy atom. The molecule has 3 rings (SSSR count). The van der Waals surface area contributed by atoms with Gasteiger partial charge in [-0.15, -0.1) is 0 Å². The number of nitrogens with one attached hydrogen (secondary N) is 1. The van der Waals surface area contributed by atoms with Crippen LogP contribution in [0.5, 0.6) is 0 Å². The molecule has 3 N–H and O–H groups in total. The number of benzene rings is 2. The van der Waals surface area contributed by atoms with Gasteiger partial charge in [-0.1, -0.05) is 30.3 Å². The van der Waals surface area contributed by atoms with Gasteiger partial charge in [0.1, 0.15) is 17.5 Å². The number of nitrogen functional groups attached to an aromatic ring is 1. The second kappa shape index (κ2) is 6.88. The van der Waals surface area contributed by atoms with Crippen LogP contribution in [0.2, 0.25) is 0 Å². The van der Waals surface area contributed by atoms with Crippen LogP contribution in [-0.4, -0.2) is 10.8 Å². The molecule has 1 aromatic heterocycles. The van der Waals surface area contributed by atoms with Gasteiger partial charge in [-0.25, -0.2) is 0 Å². The number of anilines is 1. The summed E-state index contributed by atoms with van der Waals surface area (Å²) in [5.41, 5.74) is 6.25. The molecule has 1 amide bonds. The van der Waals surface area contributed by atoms with Crippen molar-refractivity contribution in [3.05, 3.63) is 93.9 Å². The number of amides is 1. The number of rotatable bonds is 5.